The number of likely N-dealkylation sites (N-methyl/N-ethyl adjacent to an activating group) is 1. The van der Waals surface area contributed by atoms with E-state index in [-0.39, 0.29) is 17.7 Å². The molecule has 0 aromatic heterocycles. The van der Waals surface area contributed by atoms with E-state index in [1.54, 1.807) is 4.90 Å². The monoisotopic (exact) mass is 372 g/mol. The molecule has 2 heterocycles. The van der Waals surface area contributed by atoms with Crippen molar-refractivity contribution < 1.29 is 14.4 Å². The second kappa shape index (κ2) is 8.52. The number of amides is 3. The molecule has 1 aromatic rings. The lowest BCUT2D eigenvalue weighted by atomic mass is 9.84. The number of nitrogens with one attached hydrogen (secondary N) is 3. The van der Waals surface area contributed by atoms with Crippen LogP contribution >= 0.6 is 0 Å². The molecule has 0 aliphatic carbocycles. The Morgan fingerprint density at radius 1 is 1.19 bits per heavy atom. The van der Waals surface area contributed by atoms with Crippen LogP contribution in [0.2, 0.25) is 0 Å². The summed E-state index contributed by atoms with van der Waals surface area (Å²) in [7, 11) is 0. The van der Waals surface area contributed by atoms with E-state index < -0.39 is 11.6 Å². The first-order chi connectivity index (χ1) is 13.1. The first-order valence-electron chi connectivity index (χ1n) is 9.71. The molecule has 3 amide bonds. The molecule has 1 aromatic carbocycles. The van der Waals surface area contributed by atoms with Gasteiger partial charge in [0.25, 0.3) is 0 Å². The van der Waals surface area contributed by atoms with Gasteiger partial charge in [-0.3, -0.25) is 14.4 Å². The number of carbonyl (C=O) groups excluding carboxylic acids is 3. The maximum absolute atomic E-state index is 13.3. The average molecular weight is 372 g/mol. The third-order valence-electron chi connectivity index (χ3n) is 5.48. The highest BCUT2D eigenvalue weighted by molar-refractivity contribution is 5.97. The van der Waals surface area contributed by atoms with Gasteiger partial charge in [0.15, 0.2) is 0 Å². The maximum atomic E-state index is 13.3. The molecule has 3 rings (SSSR count). The molecule has 2 saturated heterocycles. The van der Waals surface area contributed by atoms with Crippen molar-refractivity contribution in [2.75, 3.05) is 19.6 Å². The Labute approximate surface area is 159 Å². The van der Waals surface area contributed by atoms with Crippen molar-refractivity contribution >= 4 is 17.7 Å². The lowest BCUT2D eigenvalue weighted by Crippen LogP contribution is -2.66. The van der Waals surface area contributed by atoms with Gasteiger partial charge in [0, 0.05) is 19.5 Å². The Bertz CT molecular complexity index is 686. The number of piperidine rings is 1. The smallest absolute Gasteiger partial charge is 0.246 e. The molecule has 2 aliphatic heterocycles. The summed E-state index contributed by atoms with van der Waals surface area (Å²) in [6, 6.07) is 9.12. The van der Waals surface area contributed by atoms with E-state index in [2.05, 4.69) is 16.0 Å². The fourth-order valence-corrected chi connectivity index (χ4v) is 4.12. The van der Waals surface area contributed by atoms with Crippen LogP contribution in [-0.2, 0) is 20.9 Å². The predicted octanol–water partition coefficient (Wildman–Crippen LogP) is 0.552. The lowest BCUT2D eigenvalue weighted by molar-refractivity contribution is -0.152. The number of likely N-dealkylation sites (tertiary alicyclic amines) is 1. The summed E-state index contributed by atoms with van der Waals surface area (Å²) < 4.78 is 0. The van der Waals surface area contributed by atoms with Gasteiger partial charge in [-0.15, -0.1) is 0 Å². The molecule has 0 saturated carbocycles. The van der Waals surface area contributed by atoms with Gasteiger partial charge in [-0.2, -0.15) is 0 Å². The van der Waals surface area contributed by atoms with Crippen LogP contribution in [0.25, 0.3) is 0 Å². The Kier molecular flexibility index (Phi) is 6.11. The minimum absolute atomic E-state index is 0.108. The molecular weight excluding hydrogens is 344 g/mol. The van der Waals surface area contributed by atoms with Gasteiger partial charge in [-0.1, -0.05) is 30.3 Å². The van der Waals surface area contributed by atoms with Gasteiger partial charge < -0.3 is 20.9 Å². The summed E-state index contributed by atoms with van der Waals surface area (Å²) in [5.41, 5.74) is 0.0339. The van der Waals surface area contributed by atoms with Crippen LogP contribution in [0.5, 0.6) is 0 Å². The predicted molar refractivity (Wildman–Crippen MR) is 102 cm³/mol. The maximum Gasteiger partial charge on any atom is 0.246 e. The van der Waals surface area contributed by atoms with E-state index in [9.17, 15) is 14.4 Å². The number of hydrogen-bond donors (Lipinski definition) is 3. The largest absolute Gasteiger partial charge is 0.355 e. The van der Waals surface area contributed by atoms with Crippen molar-refractivity contribution in [3.05, 3.63) is 35.9 Å². The molecule has 146 valence electrons. The lowest BCUT2D eigenvalue weighted by Gasteiger charge is -2.45. The summed E-state index contributed by atoms with van der Waals surface area (Å²) in [5.74, 6) is -0.447. The zero-order valence-corrected chi connectivity index (χ0v) is 15.8. The van der Waals surface area contributed by atoms with Crippen LogP contribution in [0.15, 0.2) is 30.3 Å². The van der Waals surface area contributed by atoms with Crippen LogP contribution < -0.4 is 16.0 Å². The molecule has 27 heavy (non-hydrogen) atoms. The third-order valence-corrected chi connectivity index (χ3v) is 5.48. The Balaban J connectivity index is 1.83. The minimum Gasteiger partial charge on any atom is -0.355 e. The molecule has 2 aliphatic rings. The fourth-order valence-electron chi connectivity index (χ4n) is 4.12. The van der Waals surface area contributed by atoms with Gasteiger partial charge >= 0.3 is 0 Å². The van der Waals surface area contributed by atoms with E-state index in [1.165, 1.54) is 0 Å². The second-order valence-corrected chi connectivity index (χ2v) is 7.16. The van der Waals surface area contributed by atoms with E-state index in [4.69, 9.17) is 0 Å². The number of rotatable bonds is 6. The van der Waals surface area contributed by atoms with Crippen molar-refractivity contribution in [3.8, 4) is 0 Å². The van der Waals surface area contributed by atoms with Crippen molar-refractivity contribution in [3.63, 3.8) is 0 Å². The molecule has 0 radical (unpaired) electrons. The van der Waals surface area contributed by atoms with Gasteiger partial charge in [-0.25, -0.2) is 0 Å². The molecule has 0 bridgehead atoms. The van der Waals surface area contributed by atoms with E-state index in [0.29, 0.717) is 51.9 Å². The zero-order chi connectivity index (χ0) is 19.3. The van der Waals surface area contributed by atoms with Crippen molar-refractivity contribution in [1.82, 2.24) is 20.9 Å². The Morgan fingerprint density at radius 2 is 1.89 bits per heavy atom. The topological polar surface area (TPSA) is 90.5 Å². The standard InChI is InChI=1S/C20H28N4O3/c1-2-22-18(26)16-8-9-17(25)24(16)20(10-12-21-13-11-20)19(27)23-14-15-6-4-3-5-7-15/h3-7,16,21H,2,8-14H2,1H3,(H,22,26)(H,23,27)/t16-/m0/s1. The highest BCUT2D eigenvalue weighted by atomic mass is 16.2. The highest BCUT2D eigenvalue weighted by Crippen LogP contribution is 2.35. The van der Waals surface area contributed by atoms with E-state index in [1.807, 2.05) is 37.3 Å². The van der Waals surface area contributed by atoms with E-state index >= 15 is 0 Å². The number of benzene rings is 1. The van der Waals surface area contributed by atoms with Gasteiger partial charge in [0.05, 0.1) is 0 Å². The first kappa shape index (κ1) is 19.4. The summed E-state index contributed by atoms with van der Waals surface area (Å²) >= 11 is 0. The van der Waals surface area contributed by atoms with Crippen LogP contribution in [-0.4, -0.2) is 53.8 Å². The molecular formula is C20H28N4O3. The molecule has 3 N–H and O–H groups in total. The highest BCUT2D eigenvalue weighted by Gasteiger charge is 2.53. The second-order valence-electron chi connectivity index (χ2n) is 7.16. The number of hydrogen-bond acceptors (Lipinski definition) is 4. The Hall–Kier alpha value is -2.41. The van der Waals surface area contributed by atoms with Crippen molar-refractivity contribution in [1.29, 1.82) is 0 Å². The third kappa shape index (κ3) is 3.98. The summed E-state index contributed by atoms with van der Waals surface area (Å²) in [5, 5.41) is 9.07. The molecule has 0 unspecified atom stereocenters. The molecule has 7 nitrogen and oxygen atoms in total. The normalized spacial score (nSPS) is 21.7. The van der Waals surface area contributed by atoms with Crippen molar-refractivity contribution in [2.45, 2.75) is 50.7 Å². The molecule has 0 spiro atoms. The number of nitrogens with zero attached hydrogens (tertiary/aromatic N) is 1. The Morgan fingerprint density at radius 3 is 2.56 bits per heavy atom. The van der Waals surface area contributed by atoms with E-state index in [0.717, 1.165) is 5.56 Å². The summed E-state index contributed by atoms with van der Waals surface area (Å²) in [4.78, 5) is 40.1. The van der Waals surface area contributed by atoms with Gasteiger partial charge in [-0.05, 0) is 44.8 Å². The zero-order valence-electron chi connectivity index (χ0n) is 15.8. The van der Waals surface area contributed by atoms with Crippen molar-refractivity contribution in [2.24, 2.45) is 0 Å². The summed E-state index contributed by atoms with van der Waals surface area (Å²) in [6.07, 6.45) is 1.79. The van der Waals surface area contributed by atoms with Crippen LogP contribution in [0.4, 0.5) is 0 Å². The quantitative estimate of drug-likeness (QED) is 0.680. The SMILES string of the molecule is CCNC(=O)[C@@H]1CCC(=O)N1C1(C(=O)NCc2ccccc2)CCNCC1. The molecule has 7 heteroatoms. The fraction of sp³-hybridized carbons (Fsp3) is 0.550. The van der Waals surface area contributed by atoms with Crippen LogP contribution in [0, 0.1) is 0 Å². The van der Waals surface area contributed by atoms with Crippen LogP contribution in [0.3, 0.4) is 0 Å². The van der Waals surface area contributed by atoms with Gasteiger partial charge in [0.2, 0.25) is 17.7 Å². The van der Waals surface area contributed by atoms with Gasteiger partial charge in [0.1, 0.15) is 11.6 Å². The summed E-state index contributed by atoms with van der Waals surface area (Å²) in [6.45, 7) is 4.05. The minimum atomic E-state index is -0.969. The molecule has 2 fully saturated rings. The average Bonchev–Trinajstić information content (AvgIpc) is 3.09. The first-order valence-corrected chi connectivity index (χ1v) is 9.71. The molecule has 1 atom stereocenters. The number of carbonyl (C=O) groups is 3. The van der Waals surface area contributed by atoms with Crippen LogP contribution in [0.1, 0.15) is 38.2 Å².